The van der Waals surface area contributed by atoms with Crippen LogP contribution in [0.1, 0.15) is 17.3 Å². The van der Waals surface area contributed by atoms with Crippen molar-refractivity contribution in [3.63, 3.8) is 0 Å². The Balaban J connectivity index is 2.29. The Morgan fingerprint density at radius 1 is 1.32 bits per heavy atom. The zero-order valence-corrected chi connectivity index (χ0v) is 12.2. The molecule has 0 aliphatic carbocycles. The highest BCUT2D eigenvalue weighted by molar-refractivity contribution is 9.10. The molecule has 0 bridgehead atoms. The van der Waals surface area contributed by atoms with E-state index in [0.717, 1.165) is 16.2 Å². The molecule has 1 N–H and O–H groups in total. The molecule has 6 heteroatoms. The van der Waals surface area contributed by atoms with Crippen LogP contribution in [0.3, 0.4) is 0 Å². The van der Waals surface area contributed by atoms with Crippen LogP contribution in [0, 0.1) is 11.6 Å². The summed E-state index contributed by atoms with van der Waals surface area (Å²) in [5.41, 5.74) is 1.54. The molecule has 0 amide bonds. The van der Waals surface area contributed by atoms with Crippen molar-refractivity contribution in [3.8, 4) is 0 Å². The number of aromatic nitrogens is 2. The predicted molar refractivity (Wildman–Crippen MR) is 72.8 cm³/mol. The molecule has 19 heavy (non-hydrogen) atoms. The molecule has 2 aromatic rings. The fraction of sp³-hybridized carbons (Fsp3) is 0.308. The van der Waals surface area contributed by atoms with Crippen molar-refractivity contribution in [2.75, 3.05) is 7.05 Å². The first-order valence-electron chi connectivity index (χ1n) is 5.81. The highest BCUT2D eigenvalue weighted by Gasteiger charge is 2.18. The van der Waals surface area contributed by atoms with E-state index < -0.39 is 11.6 Å². The van der Waals surface area contributed by atoms with Gasteiger partial charge in [0.1, 0.15) is 11.6 Å². The number of nitrogens with zero attached hydrogens (tertiary/aromatic N) is 2. The minimum atomic E-state index is -0.561. The van der Waals surface area contributed by atoms with Crippen LogP contribution in [0.15, 0.2) is 28.9 Å². The second kappa shape index (κ2) is 5.79. The van der Waals surface area contributed by atoms with E-state index in [4.69, 9.17) is 0 Å². The van der Waals surface area contributed by atoms with E-state index in [1.807, 2.05) is 7.05 Å². The van der Waals surface area contributed by atoms with E-state index in [0.29, 0.717) is 12.0 Å². The first-order chi connectivity index (χ1) is 9.01. The van der Waals surface area contributed by atoms with Gasteiger partial charge in [-0.05, 0) is 47.1 Å². The van der Waals surface area contributed by atoms with Gasteiger partial charge in [0.2, 0.25) is 0 Å². The Labute approximate surface area is 118 Å². The Bertz CT molecular complexity index is 544. The van der Waals surface area contributed by atoms with Crippen molar-refractivity contribution in [3.05, 3.63) is 51.8 Å². The van der Waals surface area contributed by atoms with E-state index in [-0.39, 0.29) is 6.04 Å². The predicted octanol–water partition coefficient (Wildman–Crippen LogP) is 2.96. The zero-order chi connectivity index (χ0) is 14.0. The van der Waals surface area contributed by atoms with Gasteiger partial charge in [-0.15, -0.1) is 0 Å². The summed E-state index contributed by atoms with van der Waals surface area (Å²) in [6, 6.07) is 3.48. The van der Waals surface area contributed by atoms with Crippen molar-refractivity contribution in [1.82, 2.24) is 15.1 Å². The molecule has 102 valence electrons. The lowest BCUT2D eigenvalue weighted by Gasteiger charge is -2.17. The zero-order valence-electron chi connectivity index (χ0n) is 10.6. The third-order valence-electron chi connectivity index (χ3n) is 2.98. The largest absolute Gasteiger partial charge is 0.311 e. The van der Waals surface area contributed by atoms with Crippen LogP contribution in [0.4, 0.5) is 8.78 Å². The smallest absolute Gasteiger partial charge is 0.126 e. The van der Waals surface area contributed by atoms with Crippen molar-refractivity contribution >= 4 is 15.9 Å². The quantitative estimate of drug-likeness (QED) is 0.934. The maximum atomic E-state index is 13.2. The number of hydrogen-bond acceptors (Lipinski definition) is 2. The number of hydrogen-bond donors (Lipinski definition) is 1. The molecule has 1 unspecified atom stereocenters. The summed E-state index contributed by atoms with van der Waals surface area (Å²) in [5.74, 6) is -1.12. The van der Waals surface area contributed by atoms with E-state index in [9.17, 15) is 8.78 Å². The molecule has 3 nitrogen and oxygen atoms in total. The summed E-state index contributed by atoms with van der Waals surface area (Å²) >= 11 is 3.43. The maximum absolute atomic E-state index is 13.2. The molecule has 2 rings (SSSR count). The highest BCUT2D eigenvalue weighted by atomic mass is 79.9. The van der Waals surface area contributed by atoms with Gasteiger partial charge in [0, 0.05) is 13.1 Å². The van der Waals surface area contributed by atoms with E-state index in [1.165, 1.54) is 12.1 Å². The lowest BCUT2D eigenvalue weighted by molar-refractivity contribution is 0.528. The third kappa shape index (κ3) is 3.19. The Kier molecular flexibility index (Phi) is 4.31. The van der Waals surface area contributed by atoms with Crippen molar-refractivity contribution < 1.29 is 8.78 Å². The van der Waals surface area contributed by atoms with E-state index >= 15 is 0 Å². The lowest BCUT2D eigenvalue weighted by Crippen LogP contribution is -2.22. The minimum absolute atomic E-state index is 0.0805. The van der Waals surface area contributed by atoms with Crippen LogP contribution < -0.4 is 5.32 Å². The number of benzene rings is 1. The molecule has 0 radical (unpaired) electrons. The molecule has 1 heterocycles. The second-order valence-electron chi connectivity index (χ2n) is 4.32. The standard InChI is InChI=1S/C13H14BrF2N3/c1-17-12(13-11(14)7-18-19(13)2)5-8-3-9(15)6-10(16)4-8/h3-4,6-7,12,17H,5H2,1-2H3. The molecular weight excluding hydrogens is 316 g/mol. The summed E-state index contributed by atoms with van der Waals surface area (Å²) in [6.45, 7) is 0. The first kappa shape index (κ1) is 14.1. The van der Waals surface area contributed by atoms with Gasteiger partial charge >= 0.3 is 0 Å². The number of likely N-dealkylation sites (N-methyl/N-ethyl adjacent to an activating group) is 1. The molecule has 0 saturated carbocycles. The summed E-state index contributed by atoms with van der Waals surface area (Å²) in [5, 5.41) is 7.28. The van der Waals surface area contributed by atoms with Crippen LogP contribution in [-0.2, 0) is 13.5 Å². The summed E-state index contributed by atoms with van der Waals surface area (Å²) < 4.78 is 29.0. The van der Waals surface area contributed by atoms with Gasteiger partial charge in [-0.3, -0.25) is 4.68 Å². The van der Waals surface area contributed by atoms with Crippen LogP contribution in [0.25, 0.3) is 0 Å². The average molecular weight is 330 g/mol. The number of aryl methyl sites for hydroxylation is 1. The van der Waals surface area contributed by atoms with Gasteiger partial charge < -0.3 is 5.32 Å². The van der Waals surface area contributed by atoms with Crippen LogP contribution in [0.2, 0.25) is 0 Å². The van der Waals surface area contributed by atoms with Crippen LogP contribution in [-0.4, -0.2) is 16.8 Å². The molecule has 0 aliphatic heterocycles. The fourth-order valence-corrected chi connectivity index (χ4v) is 2.74. The van der Waals surface area contributed by atoms with Gasteiger partial charge in [0.25, 0.3) is 0 Å². The topological polar surface area (TPSA) is 29.9 Å². The van der Waals surface area contributed by atoms with Crippen LogP contribution in [0.5, 0.6) is 0 Å². The Hall–Kier alpha value is -1.27. The number of nitrogens with one attached hydrogen (secondary N) is 1. The van der Waals surface area contributed by atoms with Crippen molar-refractivity contribution in [2.24, 2.45) is 7.05 Å². The summed E-state index contributed by atoms with van der Waals surface area (Å²) in [4.78, 5) is 0. The van der Waals surface area contributed by atoms with Gasteiger partial charge in [0.15, 0.2) is 0 Å². The van der Waals surface area contributed by atoms with Gasteiger partial charge in [-0.2, -0.15) is 5.10 Å². The normalized spacial score (nSPS) is 12.7. The molecule has 1 aromatic heterocycles. The summed E-state index contributed by atoms with van der Waals surface area (Å²) in [7, 11) is 3.64. The SMILES string of the molecule is CNC(Cc1cc(F)cc(F)c1)c1c(Br)cnn1C. The van der Waals surface area contributed by atoms with Crippen LogP contribution >= 0.6 is 15.9 Å². The Morgan fingerprint density at radius 3 is 2.42 bits per heavy atom. The highest BCUT2D eigenvalue weighted by Crippen LogP contribution is 2.25. The molecule has 1 atom stereocenters. The molecule has 0 spiro atoms. The maximum Gasteiger partial charge on any atom is 0.126 e. The summed E-state index contributed by atoms with van der Waals surface area (Å²) in [6.07, 6.45) is 2.18. The van der Waals surface area contributed by atoms with Gasteiger partial charge in [0.05, 0.1) is 22.4 Å². The Morgan fingerprint density at radius 2 is 1.95 bits per heavy atom. The van der Waals surface area contributed by atoms with E-state index in [2.05, 4.69) is 26.3 Å². The monoisotopic (exact) mass is 329 g/mol. The number of rotatable bonds is 4. The molecule has 0 fully saturated rings. The molecule has 0 saturated heterocycles. The lowest BCUT2D eigenvalue weighted by atomic mass is 10.0. The first-order valence-corrected chi connectivity index (χ1v) is 6.60. The second-order valence-corrected chi connectivity index (χ2v) is 5.18. The van der Waals surface area contributed by atoms with Gasteiger partial charge in [-0.1, -0.05) is 0 Å². The molecular formula is C13H14BrF2N3. The third-order valence-corrected chi connectivity index (χ3v) is 3.59. The van der Waals surface area contributed by atoms with Gasteiger partial charge in [-0.25, -0.2) is 8.78 Å². The molecule has 0 aliphatic rings. The molecule has 1 aromatic carbocycles. The van der Waals surface area contributed by atoms with Crippen molar-refractivity contribution in [1.29, 1.82) is 0 Å². The van der Waals surface area contributed by atoms with Crippen molar-refractivity contribution in [2.45, 2.75) is 12.5 Å². The minimum Gasteiger partial charge on any atom is -0.311 e. The average Bonchev–Trinajstić information content (AvgIpc) is 2.65. The number of halogens is 3. The fourth-order valence-electron chi connectivity index (χ4n) is 2.11. The van der Waals surface area contributed by atoms with E-state index in [1.54, 1.807) is 17.9 Å².